The second kappa shape index (κ2) is 7.27. The monoisotopic (exact) mass is 239 g/mol. The summed E-state index contributed by atoms with van der Waals surface area (Å²) in [6.45, 7) is 1.52. The van der Waals surface area contributed by atoms with E-state index in [1.54, 1.807) is 6.07 Å². The summed E-state index contributed by atoms with van der Waals surface area (Å²) in [4.78, 5) is 0. The van der Waals surface area contributed by atoms with E-state index in [1.807, 2.05) is 0 Å². The second-order valence-electron chi connectivity index (χ2n) is 3.62. The van der Waals surface area contributed by atoms with Gasteiger partial charge in [-0.1, -0.05) is 11.6 Å². The largest absolute Gasteiger partial charge is 0.313 e. The zero-order valence-corrected chi connectivity index (χ0v) is 9.86. The molecule has 0 aliphatic rings. The summed E-state index contributed by atoms with van der Waals surface area (Å²) in [7, 11) is 0. The first kappa shape index (κ1) is 13.0. The zero-order valence-electron chi connectivity index (χ0n) is 9.10. The van der Waals surface area contributed by atoms with Gasteiger partial charge in [0.1, 0.15) is 5.82 Å². The third-order valence-corrected chi connectivity index (χ3v) is 2.39. The fraction of sp³-hybridized carbons (Fsp3) is 0.385. The highest BCUT2D eigenvalue weighted by Crippen LogP contribution is 2.13. The summed E-state index contributed by atoms with van der Waals surface area (Å²) in [5.74, 6) is 2.30. The molecule has 0 amide bonds. The van der Waals surface area contributed by atoms with E-state index in [4.69, 9.17) is 18.0 Å². The van der Waals surface area contributed by atoms with Crippen LogP contribution in [0.25, 0.3) is 0 Å². The van der Waals surface area contributed by atoms with Gasteiger partial charge >= 0.3 is 0 Å². The van der Waals surface area contributed by atoms with Crippen LogP contribution >= 0.6 is 11.6 Å². The average Bonchev–Trinajstić information content (AvgIpc) is 2.22. The lowest BCUT2D eigenvalue weighted by molar-refractivity contribution is 0.610. The molecule has 1 aromatic carbocycles. The molecule has 86 valence electrons. The van der Waals surface area contributed by atoms with Crippen molar-refractivity contribution in [3.05, 3.63) is 34.6 Å². The van der Waals surface area contributed by atoms with Crippen molar-refractivity contribution < 1.29 is 4.39 Å². The van der Waals surface area contributed by atoms with Crippen molar-refractivity contribution in [2.75, 3.05) is 6.54 Å². The number of benzene rings is 1. The van der Waals surface area contributed by atoms with Gasteiger partial charge in [0.25, 0.3) is 0 Å². The number of rotatable bonds is 6. The van der Waals surface area contributed by atoms with Crippen molar-refractivity contribution in [1.29, 1.82) is 0 Å². The van der Waals surface area contributed by atoms with Crippen molar-refractivity contribution in [3.8, 4) is 12.3 Å². The van der Waals surface area contributed by atoms with Crippen LogP contribution in [0.3, 0.4) is 0 Å². The number of terminal acetylenes is 1. The number of nitrogens with one attached hydrogen (secondary N) is 1. The van der Waals surface area contributed by atoms with Gasteiger partial charge in [-0.05, 0) is 43.1 Å². The standard InChI is InChI=1S/C13H15ClFN/c1-2-3-4-5-6-16-10-11-7-12(14)9-13(15)8-11/h1,7-9,16H,3-6,10H2. The van der Waals surface area contributed by atoms with Crippen molar-refractivity contribution in [2.45, 2.75) is 25.8 Å². The van der Waals surface area contributed by atoms with Crippen LogP contribution in [-0.2, 0) is 6.54 Å². The fourth-order valence-corrected chi connectivity index (χ4v) is 1.67. The zero-order chi connectivity index (χ0) is 11.8. The molecule has 1 nitrogen and oxygen atoms in total. The Bertz CT molecular complexity index is 350. The molecule has 0 bridgehead atoms. The van der Waals surface area contributed by atoms with Gasteiger partial charge < -0.3 is 5.32 Å². The molecular formula is C13H15ClFN. The van der Waals surface area contributed by atoms with E-state index in [0.29, 0.717) is 11.6 Å². The highest BCUT2D eigenvalue weighted by molar-refractivity contribution is 6.30. The Hall–Kier alpha value is -1.04. The molecule has 0 fully saturated rings. The highest BCUT2D eigenvalue weighted by atomic mass is 35.5. The first-order chi connectivity index (χ1) is 7.72. The summed E-state index contributed by atoms with van der Waals surface area (Å²) >= 11 is 5.74. The molecule has 0 heterocycles. The van der Waals surface area contributed by atoms with Crippen molar-refractivity contribution >= 4 is 11.6 Å². The van der Waals surface area contributed by atoms with Gasteiger partial charge in [0.15, 0.2) is 0 Å². The molecule has 0 saturated heterocycles. The molecule has 0 radical (unpaired) electrons. The second-order valence-corrected chi connectivity index (χ2v) is 4.05. The topological polar surface area (TPSA) is 12.0 Å². The van der Waals surface area contributed by atoms with Crippen LogP contribution in [0.1, 0.15) is 24.8 Å². The van der Waals surface area contributed by atoms with Crippen LogP contribution in [0.15, 0.2) is 18.2 Å². The Morgan fingerprint density at radius 3 is 2.81 bits per heavy atom. The lowest BCUT2D eigenvalue weighted by Crippen LogP contribution is -2.14. The van der Waals surface area contributed by atoms with Gasteiger partial charge in [0.2, 0.25) is 0 Å². The Morgan fingerprint density at radius 2 is 2.12 bits per heavy atom. The number of unbranched alkanes of at least 4 members (excludes halogenated alkanes) is 2. The first-order valence-corrected chi connectivity index (χ1v) is 5.69. The van der Waals surface area contributed by atoms with E-state index in [2.05, 4.69) is 11.2 Å². The smallest absolute Gasteiger partial charge is 0.125 e. The summed E-state index contributed by atoms with van der Waals surface area (Å²) < 4.78 is 13.0. The maximum Gasteiger partial charge on any atom is 0.125 e. The fourth-order valence-electron chi connectivity index (χ4n) is 1.42. The lowest BCUT2D eigenvalue weighted by atomic mass is 10.2. The van der Waals surface area contributed by atoms with Crippen LogP contribution in [-0.4, -0.2) is 6.54 Å². The Kier molecular flexibility index (Phi) is 5.92. The summed E-state index contributed by atoms with van der Waals surface area (Å²) in [5, 5.41) is 3.66. The minimum absolute atomic E-state index is 0.295. The number of halogens is 2. The van der Waals surface area contributed by atoms with Crippen LogP contribution in [0, 0.1) is 18.2 Å². The predicted molar refractivity (Wildman–Crippen MR) is 65.8 cm³/mol. The average molecular weight is 240 g/mol. The molecule has 1 N–H and O–H groups in total. The van der Waals surface area contributed by atoms with Crippen molar-refractivity contribution in [3.63, 3.8) is 0 Å². The molecule has 16 heavy (non-hydrogen) atoms. The third-order valence-electron chi connectivity index (χ3n) is 2.18. The highest BCUT2D eigenvalue weighted by Gasteiger charge is 1.98. The van der Waals surface area contributed by atoms with E-state index in [0.717, 1.165) is 31.4 Å². The van der Waals surface area contributed by atoms with Crippen molar-refractivity contribution in [1.82, 2.24) is 5.32 Å². The van der Waals surface area contributed by atoms with Crippen LogP contribution < -0.4 is 5.32 Å². The van der Waals surface area contributed by atoms with Crippen LogP contribution in [0.2, 0.25) is 5.02 Å². The summed E-state index contributed by atoms with van der Waals surface area (Å²) in [6, 6.07) is 4.55. The molecule has 0 atom stereocenters. The molecule has 0 aromatic heterocycles. The minimum atomic E-state index is -0.295. The van der Waals surface area contributed by atoms with Gasteiger partial charge in [-0.2, -0.15) is 0 Å². The molecule has 1 aromatic rings. The van der Waals surface area contributed by atoms with E-state index >= 15 is 0 Å². The minimum Gasteiger partial charge on any atom is -0.313 e. The van der Waals surface area contributed by atoms with Crippen LogP contribution in [0.5, 0.6) is 0 Å². The van der Waals surface area contributed by atoms with E-state index < -0.39 is 0 Å². The molecule has 0 spiro atoms. The molecule has 3 heteroatoms. The predicted octanol–water partition coefficient (Wildman–Crippen LogP) is 3.37. The molecule has 0 unspecified atom stereocenters. The van der Waals surface area contributed by atoms with Crippen LogP contribution in [0.4, 0.5) is 4.39 Å². The quantitative estimate of drug-likeness (QED) is 0.593. The maximum absolute atomic E-state index is 13.0. The Labute approximate surface area is 101 Å². The van der Waals surface area contributed by atoms with E-state index in [-0.39, 0.29) is 5.82 Å². The summed E-state index contributed by atoms with van der Waals surface area (Å²) in [6.07, 6.45) is 8.01. The molecule has 0 aliphatic carbocycles. The van der Waals surface area contributed by atoms with Crippen molar-refractivity contribution in [2.24, 2.45) is 0 Å². The first-order valence-electron chi connectivity index (χ1n) is 5.31. The number of hydrogen-bond donors (Lipinski definition) is 1. The van der Waals surface area contributed by atoms with Gasteiger partial charge in [-0.25, -0.2) is 4.39 Å². The van der Waals surface area contributed by atoms with Gasteiger partial charge in [-0.3, -0.25) is 0 Å². The SMILES string of the molecule is C#CCCCCNCc1cc(F)cc(Cl)c1. The van der Waals surface area contributed by atoms with Gasteiger partial charge in [-0.15, -0.1) is 12.3 Å². The Balaban J connectivity index is 2.24. The Morgan fingerprint density at radius 1 is 1.31 bits per heavy atom. The third kappa shape index (κ3) is 5.16. The van der Waals surface area contributed by atoms with Gasteiger partial charge in [0, 0.05) is 18.0 Å². The summed E-state index contributed by atoms with van der Waals surface area (Å²) in [5.41, 5.74) is 0.863. The normalized spacial score (nSPS) is 10.1. The molecular weight excluding hydrogens is 225 g/mol. The van der Waals surface area contributed by atoms with E-state index in [1.165, 1.54) is 12.1 Å². The lowest BCUT2D eigenvalue weighted by Gasteiger charge is -2.05. The molecule has 0 saturated carbocycles. The number of hydrogen-bond acceptors (Lipinski definition) is 1. The van der Waals surface area contributed by atoms with E-state index in [9.17, 15) is 4.39 Å². The maximum atomic E-state index is 13.0. The van der Waals surface area contributed by atoms with Gasteiger partial charge in [0.05, 0.1) is 0 Å². The molecule has 1 rings (SSSR count). The molecule has 0 aliphatic heterocycles.